The van der Waals surface area contributed by atoms with Crippen LogP contribution in [0.2, 0.25) is 0 Å². The van der Waals surface area contributed by atoms with Gasteiger partial charge in [-0.3, -0.25) is 0 Å². The van der Waals surface area contributed by atoms with Gasteiger partial charge in [-0.2, -0.15) is 0 Å². The summed E-state index contributed by atoms with van der Waals surface area (Å²) in [5, 5.41) is 0. The van der Waals surface area contributed by atoms with Crippen LogP contribution in [0.5, 0.6) is 0 Å². The lowest BCUT2D eigenvalue weighted by atomic mass is 9.96. The number of hydrogen-bond acceptors (Lipinski definition) is 2. The van der Waals surface area contributed by atoms with E-state index in [1.165, 1.54) is 0 Å². The van der Waals surface area contributed by atoms with Gasteiger partial charge in [0.1, 0.15) is 0 Å². The molecule has 0 bridgehead atoms. The predicted octanol–water partition coefficient (Wildman–Crippen LogP) is 3.44. The molecule has 1 unspecified atom stereocenters. The van der Waals surface area contributed by atoms with Crippen LogP contribution in [0.25, 0.3) is 0 Å². The summed E-state index contributed by atoms with van der Waals surface area (Å²) >= 11 is 0. The zero-order chi connectivity index (χ0) is 11.7. The Kier molecular flexibility index (Phi) is 3.41. The summed E-state index contributed by atoms with van der Waals surface area (Å²) in [6.45, 7) is 15.7. The molecule has 0 amide bonds. The summed E-state index contributed by atoms with van der Waals surface area (Å²) in [5.41, 5.74) is 0.837. The fourth-order valence-corrected chi connectivity index (χ4v) is 2.03. The van der Waals surface area contributed by atoms with Crippen molar-refractivity contribution in [3.05, 3.63) is 24.8 Å². The van der Waals surface area contributed by atoms with Gasteiger partial charge in [-0.05, 0) is 40.5 Å². The minimum absolute atomic E-state index is 0.129. The molecular weight excluding hydrogens is 188 g/mol. The Morgan fingerprint density at radius 2 is 1.93 bits per heavy atom. The Morgan fingerprint density at radius 3 is 2.33 bits per heavy atom. The molecule has 2 nitrogen and oxygen atoms in total. The average Bonchev–Trinajstić information content (AvgIpc) is 2.29. The van der Waals surface area contributed by atoms with E-state index < -0.39 is 5.79 Å². The molecule has 1 aliphatic rings. The lowest BCUT2D eigenvalue weighted by Gasteiger charge is -2.23. The van der Waals surface area contributed by atoms with E-state index in [0.29, 0.717) is 0 Å². The van der Waals surface area contributed by atoms with Crippen LogP contribution in [0.4, 0.5) is 0 Å². The van der Waals surface area contributed by atoms with E-state index in [9.17, 15) is 0 Å². The first-order valence-corrected chi connectivity index (χ1v) is 5.45. The standard InChI is InChI=1S/C13H22O2/c1-7-10(2)8-9-11-12(3,4)15-13(5,6)14-11/h7,11H,1-2,8-9H2,3-6H3. The largest absolute Gasteiger partial charge is 0.344 e. The first-order chi connectivity index (χ1) is 6.77. The average molecular weight is 210 g/mol. The molecule has 1 aliphatic heterocycles. The molecule has 2 heteroatoms. The fourth-order valence-electron chi connectivity index (χ4n) is 2.03. The zero-order valence-corrected chi connectivity index (χ0v) is 10.3. The maximum absolute atomic E-state index is 5.86. The minimum atomic E-state index is -0.469. The lowest BCUT2D eigenvalue weighted by Crippen LogP contribution is -2.33. The van der Waals surface area contributed by atoms with E-state index in [2.05, 4.69) is 27.0 Å². The molecule has 0 saturated carbocycles. The Balaban J connectivity index is 2.55. The van der Waals surface area contributed by atoms with E-state index in [1.807, 2.05) is 13.8 Å². The number of allylic oxidation sites excluding steroid dienone is 2. The summed E-state index contributed by atoms with van der Waals surface area (Å²) in [6, 6.07) is 0. The van der Waals surface area contributed by atoms with Crippen molar-refractivity contribution >= 4 is 0 Å². The van der Waals surface area contributed by atoms with E-state index >= 15 is 0 Å². The van der Waals surface area contributed by atoms with E-state index in [4.69, 9.17) is 9.47 Å². The van der Waals surface area contributed by atoms with Crippen molar-refractivity contribution in [3.63, 3.8) is 0 Å². The van der Waals surface area contributed by atoms with Gasteiger partial charge in [0.2, 0.25) is 0 Å². The van der Waals surface area contributed by atoms with Crippen molar-refractivity contribution in [3.8, 4) is 0 Å². The van der Waals surface area contributed by atoms with Gasteiger partial charge in [0.05, 0.1) is 11.7 Å². The SMILES string of the molecule is C=CC(=C)CCC1OC(C)(C)OC1(C)C. The minimum Gasteiger partial charge on any atom is -0.344 e. The van der Waals surface area contributed by atoms with Crippen molar-refractivity contribution in [2.75, 3.05) is 0 Å². The van der Waals surface area contributed by atoms with Gasteiger partial charge in [-0.25, -0.2) is 0 Å². The van der Waals surface area contributed by atoms with Crippen molar-refractivity contribution in [2.24, 2.45) is 0 Å². The second kappa shape index (κ2) is 4.11. The lowest BCUT2D eigenvalue weighted by molar-refractivity contribution is -0.157. The van der Waals surface area contributed by atoms with Crippen molar-refractivity contribution < 1.29 is 9.47 Å². The molecule has 0 aromatic heterocycles. The molecule has 1 heterocycles. The second-order valence-corrected chi connectivity index (χ2v) is 5.11. The quantitative estimate of drug-likeness (QED) is 0.662. The highest BCUT2D eigenvalue weighted by Gasteiger charge is 2.46. The van der Waals surface area contributed by atoms with Crippen LogP contribution in [0.3, 0.4) is 0 Å². The fraction of sp³-hybridized carbons (Fsp3) is 0.692. The molecule has 1 saturated heterocycles. The molecule has 0 aromatic rings. The third-order valence-electron chi connectivity index (χ3n) is 2.73. The van der Waals surface area contributed by atoms with Gasteiger partial charge in [0.15, 0.2) is 5.79 Å². The topological polar surface area (TPSA) is 18.5 Å². The first-order valence-electron chi connectivity index (χ1n) is 5.45. The van der Waals surface area contributed by atoms with E-state index in [1.54, 1.807) is 6.08 Å². The molecule has 1 fully saturated rings. The smallest absolute Gasteiger partial charge is 0.164 e. The highest BCUT2D eigenvalue weighted by molar-refractivity contribution is 5.11. The maximum Gasteiger partial charge on any atom is 0.164 e. The van der Waals surface area contributed by atoms with Gasteiger partial charge in [-0.15, -0.1) is 0 Å². The summed E-state index contributed by atoms with van der Waals surface area (Å²) in [5.74, 6) is -0.469. The Bertz CT molecular complexity index is 264. The van der Waals surface area contributed by atoms with Gasteiger partial charge >= 0.3 is 0 Å². The molecule has 0 aromatic carbocycles. The highest BCUT2D eigenvalue weighted by atomic mass is 16.8. The molecule has 0 spiro atoms. The van der Waals surface area contributed by atoms with Crippen molar-refractivity contribution in [1.29, 1.82) is 0 Å². The van der Waals surface area contributed by atoms with Gasteiger partial charge in [0, 0.05) is 0 Å². The third-order valence-corrected chi connectivity index (χ3v) is 2.73. The van der Waals surface area contributed by atoms with Gasteiger partial charge in [0.25, 0.3) is 0 Å². The third kappa shape index (κ3) is 3.18. The Morgan fingerprint density at radius 1 is 1.33 bits per heavy atom. The number of hydrogen-bond donors (Lipinski definition) is 0. The molecule has 86 valence electrons. The maximum atomic E-state index is 5.86. The molecular formula is C13H22O2. The summed E-state index contributed by atoms with van der Waals surface area (Å²) < 4.78 is 11.7. The summed E-state index contributed by atoms with van der Waals surface area (Å²) in [7, 11) is 0. The van der Waals surface area contributed by atoms with Crippen LogP contribution in [0.15, 0.2) is 24.8 Å². The van der Waals surface area contributed by atoms with Crippen LogP contribution in [-0.2, 0) is 9.47 Å². The van der Waals surface area contributed by atoms with Gasteiger partial charge in [-0.1, -0.05) is 24.8 Å². The molecule has 0 radical (unpaired) electrons. The van der Waals surface area contributed by atoms with Crippen molar-refractivity contribution in [2.45, 2.75) is 58.0 Å². The molecule has 0 N–H and O–H groups in total. The Hall–Kier alpha value is -0.600. The molecule has 1 atom stereocenters. The van der Waals surface area contributed by atoms with Crippen LogP contribution < -0.4 is 0 Å². The number of rotatable bonds is 4. The summed E-state index contributed by atoms with van der Waals surface area (Å²) in [4.78, 5) is 0. The van der Waals surface area contributed by atoms with Crippen LogP contribution in [-0.4, -0.2) is 17.5 Å². The zero-order valence-electron chi connectivity index (χ0n) is 10.3. The summed E-state index contributed by atoms with van der Waals surface area (Å²) in [6.07, 6.45) is 3.77. The van der Waals surface area contributed by atoms with Gasteiger partial charge < -0.3 is 9.47 Å². The van der Waals surface area contributed by atoms with Crippen LogP contribution in [0, 0.1) is 0 Å². The number of ether oxygens (including phenoxy) is 2. The highest BCUT2D eigenvalue weighted by Crippen LogP contribution is 2.38. The molecule has 1 rings (SSSR count). The predicted molar refractivity (Wildman–Crippen MR) is 62.7 cm³/mol. The molecule has 0 aliphatic carbocycles. The monoisotopic (exact) mass is 210 g/mol. The van der Waals surface area contributed by atoms with Crippen LogP contribution >= 0.6 is 0 Å². The van der Waals surface area contributed by atoms with E-state index in [-0.39, 0.29) is 11.7 Å². The van der Waals surface area contributed by atoms with E-state index in [0.717, 1.165) is 18.4 Å². The van der Waals surface area contributed by atoms with Crippen molar-refractivity contribution in [1.82, 2.24) is 0 Å². The molecule has 15 heavy (non-hydrogen) atoms. The normalized spacial score (nSPS) is 27.6. The van der Waals surface area contributed by atoms with Crippen LogP contribution in [0.1, 0.15) is 40.5 Å². The second-order valence-electron chi connectivity index (χ2n) is 5.11. The Labute approximate surface area is 93.0 Å². The first kappa shape index (κ1) is 12.5.